The summed E-state index contributed by atoms with van der Waals surface area (Å²) in [6, 6.07) is 12.6. The zero-order chi connectivity index (χ0) is 14.5. The van der Waals surface area contributed by atoms with E-state index in [1.165, 1.54) is 43.4 Å². The predicted octanol–water partition coefficient (Wildman–Crippen LogP) is 3.76. The van der Waals surface area contributed by atoms with Crippen molar-refractivity contribution in [3.63, 3.8) is 0 Å². The number of rotatable bonds is 5. The van der Waals surface area contributed by atoms with Crippen LogP contribution in [-0.2, 0) is 13.6 Å². The fourth-order valence-corrected chi connectivity index (χ4v) is 3.22. The van der Waals surface area contributed by atoms with Crippen LogP contribution >= 0.6 is 0 Å². The molecule has 1 saturated carbocycles. The number of nitrogens with one attached hydrogen (secondary N) is 1. The summed E-state index contributed by atoms with van der Waals surface area (Å²) < 4.78 is 2.00. The molecule has 2 aromatic rings. The van der Waals surface area contributed by atoms with Gasteiger partial charge >= 0.3 is 0 Å². The SMILES string of the molecule is Cn1nc(-c2ccccc2)cc1CNCC1CCCCC1. The van der Waals surface area contributed by atoms with Crippen molar-refractivity contribution in [2.75, 3.05) is 6.54 Å². The standard InChI is InChI=1S/C18H25N3/c1-21-17(14-19-13-15-8-4-2-5-9-15)12-18(20-21)16-10-6-3-7-11-16/h3,6-7,10-12,15,19H,2,4-5,8-9,13-14H2,1H3. The van der Waals surface area contributed by atoms with Crippen LogP contribution in [0.2, 0.25) is 0 Å². The van der Waals surface area contributed by atoms with Crippen LogP contribution in [0.5, 0.6) is 0 Å². The Morgan fingerprint density at radius 2 is 1.90 bits per heavy atom. The number of nitrogens with zero attached hydrogens (tertiary/aromatic N) is 2. The molecule has 1 N–H and O–H groups in total. The molecular formula is C18H25N3. The third-order valence-electron chi connectivity index (χ3n) is 4.51. The lowest BCUT2D eigenvalue weighted by molar-refractivity contribution is 0.340. The van der Waals surface area contributed by atoms with Crippen molar-refractivity contribution < 1.29 is 0 Å². The van der Waals surface area contributed by atoms with E-state index in [9.17, 15) is 0 Å². The molecule has 1 aromatic carbocycles. The van der Waals surface area contributed by atoms with Gasteiger partial charge in [-0.15, -0.1) is 0 Å². The Hall–Kier alpha value is -1.61. The molecule has 0 amide bonds. The van der Waals surface area contributed by atoms with Gasteiger partial charge in [-0.05, 0) is 31.4 Å². The molecule has 21 heavy (non-hydrogen) atoms. The summed E-state index contributed by atoms with van der Waals surface area (Å²) in [5.74, 6) is 0.876. The second-order valence-corrected chi connectivity index (χ2v) is 6.15. The minimum atomic E-state index is 0.876. The molecule has 1 fully saturated rings. The van der Waals surface area contributed by atoms with Crippen LogP contribution in [0, 0.1) is 5.92 Å². The minimum absolute atomic E-state index is 0.876. The van der Waals surface area contributed by atoms with E-state index in [-0.39, 0.29) is 0 Å². The zero-order valence-electron chi connectivity index (χ0n) is 12.9. The largest absolute Gasteiger partial charge is 0.311 e. The third-order valence-corrected chi connectivity index (χ3v) is 4.51. The van der Waals surface area contributed by atoms with Gasteiger partial charge in [0.2, 0.25) is 0 Å². The molecule has 1 aliphatic rings. The normalized spacial score (nSPS) is 16.2. The number of aryl methyl sites for hydroxylation is 1. The van der Waals surface area contributed by atoms with E-state index in [0.717, 1.165) is 24.7 Å². The molecule has 0 aliphatic heterocycles. The molecule has 0 radical (unpaired) electrons. The van der Waals surface area contributed by atoms with Crippen molar-refractivity contribution in [3.8, 4) is 11.3 Å². The summed E-state index contributed by atoms with van der Waals surface area (Å²) in [4.78, 5) is 0. The van der Waals surface area contributed by atoms with Gasteiger partial charge in [0, 0.05) is 19.2 Å². The molecule has 3 rings (SSSR count). The maximum atomic E-state index is 4.62. The van der Waals surface area contributed by atoms with Gasteiger partial charge in [-0.25, -0.2) is 0 Å². The van der Waals surface area contributed by atoms with Crippen LogP contribution in [0.15, 0.2) is 36.4 Å². The lowest BCUT2D eigenvalue weighted by Gasteiger charge is -2.21. The maximum Gasteiger partial charge on any atom is 0.0926 e. The van der Waals surface area contributed by atoms with E-state index in [1.807, 2.05) is 17.8 Å². The monoisotopic (exact) mass is 283 g/mol. The molecule has 3 nitrogen and oxygen atoms in total. The highest BCUT2D eigenvalue weighted by atomic mass is 15.3. The number of hydrogen-bond acceptors (Lipinski definition) is 2. The van der Waals surface area contributed by atoms with E-state index in [1.54, 1.807) is 0 Å². The number of benzene rings is 1. The van der Waals surface area contributed by atoms with E-state index < -0.39 is 0 Å². The summed E-state index contributed by atoms with van der Waals surface area (Å²) >= 11 is 0. The van der Waals surface area contributed by atoms with Crippen molar-refractivity contribution in [2.45, 2.75) is 38.6 Å². The van der Waals surface area contributed by atoms with Crippen LogP contribution < -0.4 is 5.32 Å². The highest BCUT2D eigenvalue weighted by Gasteiger charge is 2.13. The highest BCUT2D eigenvalue weighted by Crippen LogP contribution is 2.23. The Kier molecular flexibility index (Phi) is 4.71. The molecule has 112 valence electrons. The Morgan fingerprint density at radius 1 is 1.14 bits per heavy atom. The van der Waals surface area contributed by atoms with E-state index in [4.69, 9.17) is 0 Å². The first-order valence-corrected chi connectivity index (χ1v) is 8.12. The van der Waals surface area contributed by atoms with Crippen LogP contribution in [0.25, 0.3) is 11.3 Å². The van der Waals surface area contributed by atoms with Gasteiger partial charge in [-0.3, -0.25) is 4.68 Å². The minimum Gasteiger partial charge on any atom is -0.311 e. The summed E-state index contributed by atoms with van der Waals surface area (Å²) in [7, 11) is 2.03. The lowest BCUT2D eigenvalue weighted by atomic mass is 9.89. The van der Waals surface area contributed by atoms with Crippen LogP contribution in [-0.4, -0.2) is 16.3 Å². The molecule has 1 aliphatic carbocycles. The first-order valence-electron chi connectivity index (χ1n) is 8.12. The molecule has 3 heteroatoms. The van der Waals surface area contributed by atoms with E-state index in [2.05, 4.69) is 40.7 Å². The fourth-order valence-electron chi connectivity index (χ4n) is 3.22. The highest BCUT2D eigenvalue weighted by molar-refractivity contribution is 5.59. The maximum absolute atomic E-state index is 4.62. The van der Waals surface area contributed by atoms with Crippen molar-refractivity contribution in [3.05, 3.63) is 42.1 Å². The average molecular weight is 283 g/mol. The molecule has 0 bridgehead atoms. The molecular weight excluding hydrogens is 258 g/mol. The van der Waals surface area contributed by atoms with Gasteiger partial charge in [-0.2, -0.15) is 5.10 Å². The number of hydrogen-bond donors (Lipinski definition) is 1. The van der Waals surface area contributed by atoms with Gasteiger partial charge < -0.3 is 5.32 Å². The topological polar surface area (TPSA) is 29.9 Å². The van der Waals surface area contributed by atoms with Crippen LogP contribution in [0.1, 0.15) is 37.8 Å². The van der Waals surface area contributed by atoms with Crippen molar-refractivity contribution in [1.82, 2.24) is 15.1 Å². The first-order chi connectivity index (χ1) is 10.3. The van der Waals surface area contributed by atoms with E-state index >= 15 is 0 Å². The summed E-state index contributed by atoms with van der Waals surface area (Å²) in [5.41, 5.74) is 3.50. The molecule has 1 heterocycles. The Balaban J connectivity index is 1.57. The smallest absolute Gasteiger partial charge is 0.0926 e. The molecule has 0 saturated heterocycles. The zero-order valence-corrected chi connectivity index (χ0v) is 12.9. The van der Waals surface area contributed by atoms with Gasteiger partial charge in [0.15, 0.2) is 0 Å². The number of aromatic nitrogens is 2. The lowest BCUT2D eigenvalue weighted by Crippen LogP contribution is -2.25. The summed E-state index contributed by atoms with van der Waals surface area (Å²) in [6.45, 7) is 2.05. The summed E-state index contributed by atoms with van der Waals surface area (Å²) in [6.07, 6.45) is 7.05. The summed E-state index contributed by atoms with van der Waals surface area (Å²) in [5, 5.41) is 8.24. The third kappa shape index (κ3) is 3.73. The van der Waals surface area contributed by atoms with Gasteiger partial charge in [-0.1, -0.05) is 49.6 Å². The first kappa shape index (κ1) is 14.3. The van der Waals surface area contributed by atoms with Crippen molar-refractivity contribution >= 4 is 0 Å². The molecule has 0 atom stereocenters. The fraction of sp³-hybridized carbons (Fsp3) is 0.500. The molecule has 1 aromatic heterocycles. The average Bonchev–Trinajstić information content (AvgIpc) is 2.91. The van der Waals surface area contributed by atoms with Crippen LogP contribution in [0.4, 0.5) is 0 Å². The Labute approximate surface area is 127 Å². The quantitative estimate of drug-likeness (QED) is 0.905. The van der Waals surface area contributed by atoms with Gasteiger partial charge in [0.05, 0.1) is 11.4 Å². The Morgan fingerprint density at radius 3 is 2.67 bits per heavy atom. The molecule has 0 spiro atoms. The van der Waals surface area contributed by atoms with Crippen molar-refractivity contribution in [2.24, 2.45) is 13.0 Å². The molecule has 0 unspecified atom stereocenters. The second-order valence-electron chi connectivity index (χ2n) is 6.15. The van der Waals surface area contributed by atoms with Crippen LogP contribution in [0.3, 0.4) is 0 Å². The van der Waals surface area contributed by atoms with Crippen molar-refractivity contribution in [1.29, 1.82) is 0 Å². The second kappa shape index (κ2) is 6.90. The predicted molar refractivity (Wildman–Crippen MR) is 86.9 cm³/mol. The van der Waals surface area contributed by atoms with Gasteiger partial charge in [0.1, 0.15) is 0 Å². The Bertz CT molecular complexity index is 553. The van der Waals surface area contributed by atoms with Gasteiger partial charge in [0.25, 0.3) is 0 Å². The van der Waals surface area contributed by atoms with E-state index in [0.29, 0.717) is 0 Å².